The van der Waals surface area contributed by atoms with Gasteiger partial charge in [0.25, 0.3) is 0 Å². The molecule has 3 nitrogen and oxygen atoms in total. The highest BCUT2D eigenvalue weighted by molar-refractivity contribution is 5.60. The first-order chi connectivity index (χ1) is 9.53. The van der Waals surface area contributed by atoms with E-state index in [0.29, 0.717) is 11.8 Å². The molecule has 0 bridgehead atoms. The SMILES string of the molecule is CCC1CNC(C)(CC)CN1c1ccc(F)cc1OC. The molecular formula is C16H25FN2O. The lowest BCUT2D eigenvalue weighted by atomic mass is 9.92. The molecule has 0 saturated carbocycles. The molecule has 1 aliphatic heterocycles. The smallest absolute Gasteiger partial charge is 0.145 e. The van der Waals surface area contributed by atoms with E-state index in [4.69, 9.17) is 4.74 Å². The highest BCUT2D eigenvalue weighted by Gasteiger charge is 2.34. The van der Waals surface area contributed by atoms with Crippen molar-refractivity contribution in [2.75, 3.05) is 25.1 Å². The summed E-state index contributed by atoms with van der Waals surface area (Å²) in [6.07, 6.45) is 2.11. The van der Waals surface area contributed by atoms with Gasteiger partial charge in [-0.1, -0.05) is 13.8 Å². The Morgan fingerprint density at radius 2 is 2.20 bits per heavy atom. The second-order valence-electron chi connectivity index (χ2n) is 5.80. The fourth-order valence-corrected chi connectivity index (χ4v) is 2.81. The van der Waals surface area contributed by atoms with Crippen molar-refractivity contribution in [1.29, 1.82) is 0 Å². The summed E-state index contributed by atoms with van der Waals surface area (Å²) in [6, 6.07) is 5.22. The topological polar surface area (TPSA) is 24.5 Å². The summed E-state index contributed by atoms with van der Waals surface area (Å²) in [5.74, 6) is 0.357. The molecule has 1 fully saturated rings. The maximum atomic E-state index is 13.4. The molecule has 20 heavy (non-hydrogen) atoms. The third-order valence-corrected chi connectivity index (χ3v) is 4.43. The van der Waals surface area contributed by atoms with Crippen molar-refractivity contribution in [3.63, 3.8) is 0 Å². The van der Waals surface area contributed by atoms with Crippen LogP contribution in [0, 0.1) is 5.82 Å². The van der Waals surface area contributed by atoms with E-state index >= 15 is 0 Å². The molecule has 112 valence electrons. The van der Waals surface area contributed by atoms with Gasteiger partial charge in [0.15, 0.2) is 0 Å². The van der Waals surface area contributed by atoms with E-state index in [9.17, 15) is 4.39 Å². The minimum Gasteiger partial charge on any atom is -0.494 e. The molecule has 0 aliphatic carbocycles. The van der Waals surface area contributed by atoms with Gasteiger partial charge in [-0.3, -0.25) is 0 Å². The number of piperazine rings is 1. The van der Waals surface area contributed by atoms with Crippen LogP contribution in [-0.2, 0) is 0 Å². The summed E-state index contributed by atoms with van der Waals surface area (Å²) in [5, 5.41) is 3.64. The molecule has 0 spiro atoms. The van der Waals surface area contributed by atoms with Crippen molar-refractivity contribution >= 4 is 5.69 Å². The highest BCUT2D eigenvalue weighted by atomic mass is 19.1. The molecular weight excluding hydrogens is 255 g/mol. The van der Waals surface area contributed by atoms with Crippen molar-refractivity contribution in [2.45, 2.75) is 45.2 Å². The van der Waals surface area contributed by atoms with Gasteiger partial charge < -0.3 is 15.0 Å². The Bertz CT molecular complexity index is 466. The van der Waals surface area contributed by atoms with Gasteiger partial charge in [0.05, 0.1) is 12.8 Å². The van der Waals surface area contributed by atoms with E-state index in [1.807, 2.05) is 6.07 Å². The number of benzene rings is 1. The first-order valence-corrected chi connectivity index (χ1v) is 7.38. The standard InChI is InChI=1S/C16H25FN2O/c1-5-13-10-18-16(3,6-2)11-19(13)14-8-7-12(17)9-15(14)20-4/h7-9,13,18H,5-6,10-11H2,1-4H3. The fourth-order valence-electron chi connectivity index (χ4n) is 2.81. The summed E-state index contributed by atoms with van der Waals surface area (Å²) in [6.45, 7) is 8.47. The number of rotatable bonds is 4. The normalized spacial score (nSPS) is 26.6. The summed E-state index contributed by atoms with van der Waals surface area (Å²) < 4.78 is 18.8. The van der Waals surface area contributed by atoms with E-state index in [0.717, 1.165) is 31.6 Å². The Morgan fingerprint density at radius 1 is 1.45 bits per heavy atom. The molecule has 0 radical (unpaired) electrons. The van der Waals surface area contributed by atoms with Crippen molar-refractivity contribution in [3.8, 4) is 5.75 Å². The van der Waals surface area contributed by atoms with Crippen molar-refractivity contribution in [3.05, 3.63) is 24.0 Å². The number of hydrogen-bond acceptors (Lipinski definition) is 3. The molecule has 2 rings (SSSR count). The molecule has 0 amide bonds. The zero-order valence-electron chi connectivity index (χ0n) is 12.9. The van der Waals surface area contributed by atoms with Gasteiger partial charge >= 0.3 is 0 Å². The molecule has 1 aromatic carbocycles. The lowest BCUT2D eigenvalue weighted by molar-refractivity contribution is 0.274. The average molecular weight is 280 g/mol. The van der Waals surface area contributed by atoms with E-state index in [1.54, 1.807) is 7.11 Å². The maximum Gasteiger partial charge on any atom is 0.145 e. The monoisotopic (exact) mass is 280 g/mol. The van der Waals surface area contributed by atoms with Crippen LogP contribution in [-0.4, -0.2) is 31.8 Å². The summed E-state index contributed by atoms with van der Waals surface area (Å²) >= 11 is 0. The van der Waals surface area contributed by atoms with Crippen LogP contribution >= 0.6 is 0 Å². The zero-order valence-corrected chi connectivity index (χ0v) is 12.9. The summed E-state index contributed by atoms with van der Waals surface area (Å²) in [5.41, 5.74) is 1.08. The van der Waals surface area contributed by atoms with Crippen molar-refractivity contribution < 1.29 is 9.13 Å². The van der Waals surface area contributed by atoms with Crippen LogP contribution in [0.4, 0.5) is 10.1 Å². The quantitative estimate of drug-likeness (QED) is 0.916. The Kier molecular flexibility index (Phi) is 4.53. The van der Waals surface area contributed by atoms with Crippen LogP contribution in [0.25, 0.3) is 0 Å². The van der Waals surface area contributed by atoms with Crippen LogP contribution in [0.2, 0.25) is 0 Å². The third kappa shape index (κ3) is 2.90. The number of anilines is 1. The Labute approximate surface area is 121 Å². The number of halogens is 1. The third-order valence-electron chi connectivity index (χ3n) is 4.43. The molecule has 1 saturated heterocycles. The Morgan fingerprint density at radius 3 is 2.80 bits per heavy atom. The van der Waals surface area contributed by atoms with Crippen LogP contribution in [0.1, 0.15) is 33.6 Å². The largest absolute Gasteiger partial charge is 0.494 e. The lowest BCUT2D eigenvalue weighted by Crippen LogP contribution is -2.62. The number of ether oxygens (including phenoxy) is 1. The molecule has 1 heterocycles. The summed E-state index contributed by atoms with van der Waals surface area (Å²) in [4.78, 5) is 2.36. The van der Waals surface area contributed by atoms with E-state index in [-0.39, 0.29) is 11.4 Å². The number of hydrogen-bond donors (Lipinski definition) is 1. The van der Waals surface area contributed by atoms with Gasteiger partial charge in [-0.2, -0.15) is 0 Å². The molecule has 2 atom stereocenters. The van der Waals surface area contributed by atoms with Gasteiger partial charge in [0, 0.05) is 30.7 Å². The van der Waals surface area contributed by atoms with Gasteiger partial charge in [-0.25, -0.2) is 4.39 Å². The number of nitrogens with one attached hydrogen (secondary N) is 1. The zero-order chi connectivity index (χ0) is 14.8. The second kappa shape index (κ2) is 6.00. The average Bonchev–Trinajstić information content (AvgIpc) is 2.47. The predicted octanol–water partition coefficient (Wildman–Crippen LogP) is 3.19. The van der Waals surface area contributed by atoms with Gasteiger partial charge in [0.2, 0.25) is 0 Å². The predicted molar refractivity (Wildman–Crippen MR) is 81.1 cm³/mol. The molecule has 0 aromatic heterocycles. The number of nitrogens with zero attached hydrogens (tertiary/aromatic N) is 1. The van der Waals surface area contributed by atoms with Crippen LogP contribution in [0.15, 0.2) is 18.2 Å². The Balaban J connectivity index is 2.36. The minimum absolute atomic E-state index is 0.0884. The van der Waals surface area contributed by atoms with Crippen molar-refractivity contribution in [2.24, 2.45) is 0 Å². The summed E-state index contributed by atoms with van der Waals surface area (Å²) in [7, 11) is 1.60. The first-order valence-electron chi connectivity index (χ1n) is 7.38. The lowest BCUT2D eigenvalue weighted by Gasteiger charge is -2.47. The maximum absolute atomic E-state index is 13.4. The van der Waals surface area contributed by atoms with Gasteiger partial charge in [-0.05, 0) is 31.9 Å². The molecule has 2 unspecified atom stereocenters. The number of methoxy groups -OCH3 is 1. The van der Waals surface area contributed by atoms with Crippen LogP contribution in [0.5, 0.6) is 5.75 Å². The Hall–Kier alpha value is -1.29. The molecule has 4 heteroatoms. The van der Waals surface area contributed by atoms with Crippen LogP contribution in [0.3, 0.4) is 0 Å². The van der Waals surface area contributed by atoms with Gasteiger partial charge in [-0.15, -0.1) is 0 Å². The van der Waals surface area contributed by atoms with E-state index < -0.39 is 0 Å². The highest BCUT2D eigenvalue weighted by Crippen LogP contribution is 2.34. The van der Waals surface area contributed by atoms with E-state index in [2.05, 4.69) is 31.0 Å². The van der Waals surface area contributed by atoms with E-state index in [1.165, 1.54) is 12.1 Å². The van der Waals surface area contributed by atoms with Crippen LogP contribution < -0.4 is 15.0 Å². The first kappa shape index (κ1) is 15.1. The second-order valence-corrected chi connectivity index (χ2v) is 5.80. The van der Waals surface area contributed by atoms with Gasteiger partial charge in [0.1, 0.15) is 11.6 Å². The minimum atomic E-state index is -0.257. The molecule has 1 N–H and O–H groups in total. The fraction of sp³-hybridized carbons (Fsp3) is 0.625. The molecule has 1 aliphatic rings. The molecule has 1 aromatic rings. The van der Waals surface area contributed by atoms with Crippen molar-refractivity contribution in [1.82, 2.24) is 5.32 Å².